The highest BCUT2D eigenvalue weighted by Crippen LogP contribution is 2.23. The van der Waals surface area contributed by atoms with Crippen LogP contribution in [0.5, 0.6) is 0 Å². The first-order chi connectivity index (χ1) is 16.7. The van der Waals surface area contributed by atoms with Crippen molar-refractivity contribution >= 4 is 16.8 Å². The van der Waals surface area contributed by atoms with Crippen molar-refractivity contribution in [3.8, 4) is 0 Å². The van der Waals surface area contributed by atoms with Crippen LogP contribution in [0.1, 0.15) is 29.3 Å². The maximum atomic E-state index is 14.7. The lowest BCUT2D eigenvalue weighted by atomic mass is 10.1. The maximum Gasteiger partial charge on any atom is 0.329 e. The van der Waals surface area contributed by atoms with E-state index in [1.165, 1.54) is 21.6 Å². The first-order valence-corrected chi connectivity index (χ1v) is 11.2. The number of carbonyl (C=O) groups is 1. The van der Waals surface area contributed by atoms with Crippen LogP contribution in [-0.4, -0.2) is 63.7 Å². The molecule has 0 spiro atoms. The van der Waals surface area contributed by atoms with E-state index in [2.05, 4.69) is 4.98 Å². The van der Waals surface area contributed by atoms with Crippen molar-refractivity contribution in [2.24, 2.45) is 0 Å². The highest BCUT2D eigenvalue weighted by Gasteiger charge is 2.37. The van der Waals surface area contributed by atoms with Gasteiger partial charge >= 0.3 is 5.69 Å². The van der Waals surface area contributed by atoms with Gasteiger partial charge in [-0.2, -0.15) is 0 Å². The number of hydrogen-bond acceptors (Lipinski definition) is 4. The first-order valence-electron chi connectivity index (χ1n) is 11.2. The molecule has 1 aliphatic heterocycles. The number of rotatable bonds is 6. The SMILES string of the molecule is CCC1CN(C(=O)c2cc(Cn3c(=O)[nH]c(=O)c4ccccc43)ccc2F)CCN1C(F)C(F)F. The number of nitrogens with zero attached hydrogens (tertiary/aromatic N) is 3. The van der Waals surface area contributed by atoms with Crippen molar-refractivity contribution in [3.05, 3.63) is 80.2 Å². The van der Waals surface area contributed by atoms with Crippen LogP contribution in [0.2, 0.25) is 0 Å². The Bertz CT molecular complexity index is 1360. The minimum absolute atomic E-state index is 0.0177. The number of alkyl halides is 3. The van der Waals surface area contributed by atoms with Crippen LogP contribution in [-0.2, 0) is 6.54 Å². The number of H-pyrrole nitrogens is 1. The molecule has 0 aliphatic carbocycles. The summed E-state index contributed by atoms with van der Waals surface area (Å²) in [5.74, 6) is -1.42. The summed E-state index contributed by atoms with van der Waals surface area (Å²) in [4.78, 5) is 42.3. The number of aromatic nitrogens is 2. The first kappa shape index (κ1) is 24.6. The van der Waals surface area contributed by atoms with Gasteiger partial charge in [0.15, 0.2) is 0 Å². The van der Waals surface area contributed by atoms with Crippen molar-refractivity contribution < 1.29 is 22.4 Å². The van der Waals surface area contributed by atoms with Gasteiger partial charge in [0.05, 0.1) is 23.0 Å². The van der Waals surface area contributed by atoms with E-state index in [9.17, 15) is 31.9 Å². The zero-order valence-corrected chi connectivity index (χ0v) is 18.9. The van der Waals surface area contributed by atoms with Gasteiger partial charge in [-0.1, -0.05) is 25.1 Å². The molecule has 0 bridgehead atoms. The minimum atomic E-state index is -3.16. The molecular formula is C24H24F4N4O3. The Kier molecular flexibility index (Phi) is 7.06. The number of fused-ring (bicyclic) bond motifs is 1. The van der Waals surface area contributed by atoms with Crippen molar-refractivity contribution in [2.45, 2.75) is 38.7 Å². The standard InChI is InChI=1S/C24H24F4N4O3/c1-2-15-13-30(9-10-31(15)21(28)20(26)27)23(34)17-11-14(7-8-18(17)25)12-32-19-6-4-3-5-16(19)22(33)29-24(32)35/h3-8,11,15,20-21H,2,9-10,12-13H2,1H3,(H,29,33,35). The Labute approximate surface area is 197 Å². The van der Waals surface area contributed by atoms with Gasteiger partial charge in [0.1, 0.15) is 5.82 Å². The molecule has 186 valence electrons. The lowest BCUT2D eigenvalue weighted by Crippen LogP contribution is -2.58. The van der Waals surface area contributed by atoms with E-state index < -0.39 is 41.7 Å². The summed E-state index contributed by atoms with van der Waals surface area (Å²) in [5, 5.41) is 0.309. The van der Waals surface area contributed by atoms with Gasteiger partial charge in [-0.15, -0.1) is 0 Å². The Morgan fingerprint density at radius 1 is 1.11 bits per heavy atom. The number of piperazine rings is 1. The molecule has 4 rings (SSSR count). The number of benzene rings is 2. The molecule has 1 saturated heterocycles. The van der Waals surface area contributed by atoms with Crippen molar-refractivity contribution in [1.29, 1.82) is 0 Å². The Hall–Kier alpha value is -3.47. The third kappa shape index (κ3) is 4.86. The van der Waals surface area contributed by atoms with Gasteiger partial charge in [0.2, 0.25) is 6.30 Å². The zero-order chi connectivity index (χ0) is 25.3. The second-order valence-corrected chi connectivity index (χ2v) is 8.43. The monoisotopic (exact) mass is 492 g/mol. The molecule has 0 saturated carbocycles. The van der Waals surface area contributed by atoms with E-state index in [1.807, 2.05) is 0 Å². The number of hydrogen-bond donors (Lipinski definition) is 1. The average molecular weight is 492 g/mol. The van der Waals surface area contributed by atoms with E-state index >= 15 is 0 Å². The zero-order valence-electron chi connectivity index (χ0n) is 18.9. The van der Waals surface area contributed by atoms with Crippen molar-refractivity contribution in [3.63, 3.8) is 0 Å². The van der Waals surface area contributed by atoms with Gasteiger partial charge in [0.25, 0.3) is 17.9 Å². The molecule has 3 aromatic rings. The number of aromatic amines is 1. The molecule has 2 heterocycles. The van der Waals surface area contributed by atoms with E-state index in [-0.39, 0.29) is 31.7 Å². The Morgan fingerprint density at radius 2 is 1.86 bits per heavy atom. The fourth-order valence-electron chi connectivity index (χ4n) is 4.47. The second kappa shape index (κ2) is 10.0. The number of carbonyl (C=O) groups excluding carboxylic acids is 1. The molecule has 1 N–H and O–H groups in total. The summed E-state index contributed by atoms with van der Waals surface area (Å²) in [6.07, 6.45) is -5.25. The molecule has 35 heavy (non-hydrogen) atoms. The topological polar surface area (TPSA) is 78.4 Å². The fraction of sp³-hybridized carbons (Fsp3) is 0.375. The van der Waals surface area contributed by atoms with E-state index in [0.29, 0.717) is 22.9 Å². The van der Waals surface area contributed by atoms with Crippen LogP contribution in [0.3, 0.4) is 0 Å². The van der Waals surface area contributed by atoms with Gasteiger partial charge in [-0.25, -0.2) is 22.4 Å². The molecular weight excluding hydrogens is 468 g/mol. The molecule has 1 aromatic heterocycles. The number of halogens is 4. The van der Waals surface area contributed by atoms with Gasteiger partial charge in [0, 0.05) is 25.7 Å². The molecule has 11 heteroatoms. The summed E-state index contributed by atoms with van der Waals surface area (Å²) < 4.78 is 55.7. The molecule has 2 aromatic carbocycles. The van der Waals surface area contributed by atoms with Gasteiger partial charge in [-0.3, -0.25) is 24.0 Å². The molecule has 1 fully saturated rings. The highest BCUT2D eigenvalue weighted by molar-refractivity contribution is 5.94. The van der Waals surface area contributed by atoms with Crippen LogP contribution < -0.4 is 11.2 Å². The van der Waals surface area contributed by atoms with Crippen LogP contribution in [0, 0.1) is 5.82 Å². The third-order valence-electron chi connectivity index (χ3n) is 6.32. The van der Waals surface area contributed by atoms with E-state index in [4.69, 9.17) is 0 Å². The quantitative estimate of drug-likeness (QED) is 0.424. The molecule has 7 nitrogen and oxygen atoms in total. The maximum absolute atomic E-state index is 14.7. The number of amides is 1. The predicted octanol–water partition coefficient (Wildman–Crippen LogP) is 2.97. The molecule has 2 unspecified atom stereocenters. The van der Waals surface area contributed by atoms with Gasteiger partial charge < -0.3 is 4.90 Å². The minimum Gasteiger partial charge on any atom is -0.336 e. The summed E-state index contributed by atoms with van der Waals surface area (Å²) in [6.45, 7) is 1.53. The van der Waals surface area contributed by atoms with Crippen LogP contribution in [0.25, 0.3) is 10.9 Å². The Balaban J connectivity index is 1.60. The lowest BCUT2D eigenvalue weighted by molar-refractivity contribution is -0.0863. The summed E-state index contributed by atoms with van der Waals surface area (Å²) in [5.41, 5.74) is -0.573. The van der Waals surface area contributed by atoms with Crippen LogP contribution >= 0.6 is 0 Å². The van der Waals surface area contributed by atoms with Crippen molar-refractivity contribution in [1.82, 2.24) is 19.4 Å². The summed E-state index contributed by atoms with van der Waals surface area (Å²) in [7, 11) is 0. The molecule has 0 radical (unpaired) electrons. The smallest absolute Gasteiger partial charge is 0.329 e. The third-order valence-corrected chi connectivity index (χ3v) is 6.32. The largest absolute Gasteiger partial charge is 0.336 e. The highest BCUT2D eigenvalue weighted by atomic mass is 19.3. The molecule has 2 atom stereocenters. The lowest BCUT2D eigenvalue weighted by Gasteiger charge is -2.42. The number of para-hydroxylation sites is 1. The number of nitrogens with one attached hydrogen (secondary N) is 1. The van der Waals surface area contributed by atoms with Crippen LogP contribution in [0.15, 0.2) is 52.1 Å². The van der Waals surface area contributed by atoms with E-state index in [0.717, 1.165) is 11.0 Å². The Morgan fingerprint density at radius 3 is 2.57 bits per heavy atom. The average Bonchev–Trinajstić information content (AvgIpc) is 2.86. The molecule has 1 amide bonds. The predicted molar refractivity (Wildman–Crippen MR) is 122 cm³/mol. The van der Waals surface area contributed by atoms with Crippen molar-refractivity contribution in [2.75, 3.05) is 19.6 Å². The summed E-state index contributed by atoms with van der Waals surface area (Å²) in [6, 6.07) is 9.77. The second-order valence-electron chi connectivity index (χ2n) is 8.43. The van der Waals surface area contributed by atoms with E-state index in [1.54, 1.807) is 31.2 Å². The summed E-state index contributed by atoms with van der Waals surface area (Å²) >= 11 is 0. The van der Waals surface area contributed by atoms with Gasteiger partial charge in [-0.05, 0) is 36.2 Å². The molecule has 1 aliphatic rings. The van der Waals surface area contributed by atoms with Crippen LogP contribution in [0.4, 0.5) is 17.6 Å². The normalized spacial score (nSPS) is 17.8. The fourth-order valence-corrected chi connectivity index (χ4v) is 4.47.